The highest BCUT2D eigenvalue weighted by Crippen LogP contribution is 2.07. The van der Waals surface area contributed by atoms with Gasteiger partial charge in [0.2, 0.25) is 0 Å². The van der Waals surface area contributed by atoms with E-state index in [9.17, 15) is 14.7 Å². The van der Waals surface area contributed by atoms with Gasteiger partial charge in [0, 0.05) is 0 Å². The highest BCUT2D eigenvalue weighted by atomic mass is 16.3. The third kappa shape index (κ3) is 1.36. The van der Waals surface area contributed by atoms with Gasteiger partial charge in [-0.15, -0.1) is 0 Å². The van der Waals surface area contributed by atoms with Gasteiger partial charge >= 0.3 is 6.03 Å². The molecule has 7 heteroatoms. The predicted molar refractivity (Wildman–Crippen MR) is 46.5 cm³/mol. The van der Waals surface area contributed by atoms with Crippen LogP contribution in [0.5, 0.6) is 0 Å². The molecular formula is C7H10N4O3. The van der Waals surface area contributed by atoms with Crippen LogP contribution < -0.4 is 16.0 Å². The average molecular weight is 198 g/mol. The average Bonchev–Trinajstić information content (AvgIpc) is 2.08. The highest BCUT2D eigenvalue weighted by molar-refractivity contribution is 6.21. The number of rotatable bonds is 0. The van der Waals surface area contributed by atoms with Crippen LogP contribution in [0.15, 0.2) is 4.99 Å². The van der Waals surface area contributed by atoms with E-state index in [1.54, 1.807) is 6.92 Å². The number of carbonyl (C=O) groups is 2. The predicted octanol–water partition coefficient (Wildman–Crippen LogP) is -2.10. The number of nitrogens with one attached hydrogen (secondary N) is 3. The van der Waals surface area contributed by atoms with Crippen LogP contribution in [0.25, 0.3) is 0 Å². The molecule has 1 fully saturated rings. The highest BCUT2D eigenvalue weighted by Gasteiger charge is 2.37. The molecule has 1 saturated heterocycles. The molecule has 7 nitrogen and oxygen atoms in total. The Kier molecular flexibility index (Phi) is 1.97. The summed E-state index contributed by atoms with van der Waals surface area (Å²) in [6, 6.07) is -1.61. The Morgan fingerprint density at radius 3 is 2.79 bits per heavy atom. The number of hydrogen-bond donors (Lipinski definition) is 4. The van der Waals surface area contributed by atoms with Crippen LogP contribution in [0.2, 0.25) is 0 Å². The number of aliphatic hydroxyl groups excluding tert-OH is 1. The van der Waals surface area contributed by atoms with Gasteiger partial charge in [-0.2, -0.15) is 0 Å². The molecule has 0 aliphatic carbocycles. The van der Waals surface area contributed by atoms with E-state index in [-0.39, 0.29) is 11.9 Å². The van der Waals surface area contributed by atoms with Crippen LogP contribution in [-0.2, 0) is 4.79 Å². The van der Waals surface area contributed by atoms with Gasteiger partial charge in [0.05, 0.1) is 6.04 Å². The molecule has 0 aromatic rings. The van der Waals surface area contributed by atoms with Crippen molar-refractivity contribution in [2.45, 2.75) is 25.2 Å². The summed E-state index contributed by atoms with van der Waals surface area (Å²) >= 11 is 0. The molecule has 76 valence electrons. The van der Waals surface area contributed by atoms with Gasteiger partial charge in [-0.25, -0.2) is 9.79 Å². The summed E-state index contributed by atoms with van der Waals surface area (Å²) in [6.07, 6.45) is -0.938. The van der Waals surface area contributed by atoms with E-state index in [4.69, 9.17) is 0 Å². The second kappa shape index (κ2) is 3.03. The molecule has 3 unspecified atom stereocenters. The van der Waals surface area contributed by atoms with Gasteiger partial charge in [0.15, 0.2) is 6.23 Å². The number of carbonyl (C=O) groups excluding carboxylic acids is 2. The Labute approximate surface area is 79.6 Å². The maximum Gasteiger partial charge on any atom is 0.326 e. The van der Waals surface area contributed by atoms with Gasteiger partial charge in [-0.1, -0.05) is 0 Å². The maximum absolute atomic E-state index is 11.3. The zero-order valence-corrected chi connectivity index (χ0v) is 7.44. The van der Waals surface area contributed by atoms with E-state index < -0.39 is 24.2 Å². The van der Waals surface area contributed by atoms with Gasteiger partial charge in [0.25, 0.3) is 5.91 Å². The second-order valence-electron chi connectivity index (χ2n) is 3.26. The van der Waals surface area contributed by atoms with Crippen molar-refractivity contribution < 1.29 is 14.7 Å². The first-order chi connectivity index (χ1) is 6.58. The first-order valence-corrected chi connectivity index (χ1v) is 4.21. The normalized spacial score (nSPS) is 36.7. The van der Waals surface area contributed by atoms with E-state index >= 15 is 0 Å². The number of urea groups is 1. The van der Waals surface area contributed by atoms with Crippen LogP contribution in [0.3, 0.4) is 0 Å². The number of hydrogen-bond acceptors (Lipinski definition) is 5. The molecular weight excluding hydrogens is 188 g/mol. The minimum Gasteiger partial charge on any atom is -0.370 e. The lowest BCUT2D eigenvalue weighted by molar-refractivity contribution is -0.121. The van der Waals surface area contributed by atoms with Crippen LogP contribution in [0.4, 0.5) is 4.79 Å². The Morgan fingerprint density at radius 1 is 1.36 bits per heavy atom. The number of aliphatic imine (C=N–C) groups is 1. The molecule has 0 radical (unpaired) electrons. The fraction of sp³-hybridized carbons (Fsp3) is 0.571. The second-order valence-corrected chi connectivity index (χ2v) is 3.26. The molecule has 3 amide bonds. The molecule has 14 heavy (non-hydrogen) atoms. The summed E-state index contributed by atoms with van der Waals surface area (Å²) in [5.74, 6) is -0.282. The molecule has 0 aromatic heterocycles. The van der Waals surface area contributed by atoms with Crippen molar-refractivity contribution in [2.24, 2.45) is 4.99 Å². The molecule has 3 atom stereocenters. The molecule has 4 N–H and O–H groups in total. The zero-order chi connectivity index (χ0) is 10.3. The summed E-state index contributed by atoms with van der Waals surface area (Å²) < 4.78 is 0. The number of aliphatic hydroxyl groups is 1. The number of nitrogens with zero attached hydrogens (tertiary/aromatic N) is 1. The van der Waals surface area contributed by atoms with Crippen molar-refractivity contribution in [1.82, 2.24) is 16.0 Å². The van der Waals surface area contributed by atoms with Crippen molar-refractivity contribution in [3.8, 4) is 0 Å². The largest absolute Gasteiger partial charge is 0.370 e. The first kappa shape index (κ1) is 9.10. The molecule has 0 saturated carbocycles. The molecule has 2 heterocycles. The van der Waals surface area contributed by atoms with Crippen LogP contribution in [0, 0.1) is 0 Å². The Bertz CT molecular complexity index is 327. The van der Waals surface area contributed by atoms with Crippen LogP contribution >= 0.6 is 0 Å². The van der Waals surface area contributed by atoms with E-state index in [0.29, 0.717) is 0 Å². The Hall–Kier alpha value is -1.47. The van der Waals surface area contributed by atoms with Crippen molar-refractivity contribution in [3.63, 3.8) is 0 Å². The number of fused-ring (bicyclic) bond motifs is 1. The van der Waals surface area contributed by atoms with Crippen LogP contribution in [-0.4, -0.2) is 41.2 Å². The molecule has 0 bridgehead atoms. The molecule has 2 aliphatic rings. The number of amides is 3. The fourth-order valence-electron chi connectivity index (χ4n) is 1.39. The maximum atomic E-state index is 11.3. The summed E-state index contributed by atoms with van der Waals surface area (Å²) in [6.45, 7) is 1.70. The first-order valence-electron chi connectivity index (χ1n) is 4.21. The van der Waals surface area contributed by atoms with Crippen molar-refractivity contribution in [2.75, 3.05) is 0 Å². The SMILES string of the molecule is CC1NC2C(=O)NC(=O)NC2=NC1O. The Balaban J connectivity index is 2.28. The smallest absolute Gasteiger partial charge is 0.326 e. The molecule has 0 spiro atoms. The van der Waals surface area contributed by atoms with Gasteiger partial charge in [-0.3, -0.25) is 20.7 Å². The molecule has 0 aromatic carbocycles. The van der Waals surface area contributed by atoms with E-state index in [0.717, 1.165) is 0 Å². The fourth-order valence-corrected chi connectivity index (χ4v) is 1.39. The van der Waals surface area contributed by atoms with Crippen molar-refractivity contribution >= 4 is 17.8 Å². The van der Waals surface area contributed by atoms with Crippen molar-refractivity contribution in [1.29, 1.82) is 0 Å². The lowest BCUT2D eigenvalue weighted by Gasteiger charge is -2.33. The van der Waals surface area contributed by atoms with Gasteiger partial charge in [-0.05, 0) is 6.92 Å². The molecule has 2 aliphatic heterocycles. The minimum atomic E-state index is -0.938. The van der Waals surface area contributed by atoms with E-state index in [1.807, 2.05) is 0 Å². The summed E-state index contributed by atoms with van der Waals surface area (Å²) in [5, 5.41) is 16.6. The zero-order valence-electron chi connectivity index (χ0n) is 7.44. The quantitative estimate of drug-likeness (QED) is 0.358. The number of amidine groups is 1. The Morgan fingerprint density at radius 2 is 2.07 bits per heavy atom. The van der Waals surface area contributed by atoms with Gasteiger partial charge in [0.1, 0.15) is 11.9 Å². The van der Waals surface area contributed by atoms with Crippen LogP contribution in [0.1, 0.15) is 6.92 Å². The topological polar surface area (TPSA) is 103 Å². The van der Waals surface area contributed by atoms with E-state index in [1.165, 1.54) is 0 Å². The van der Waals surface area contributed by atoms with Crippen molar-refractivity contribution in [3.05, 3.63) is 0 Å². The third-order valence-electron chi connectivity index (χ3n) is 2.16. The molecule has 2 rings (SSSR count). The summed E-state index contributed by atoms with van der Waals surface area (Å²) in [5.41, 5.74) is 0. The standard InChI is InChI=1S/C7H10N4O3/c1-2-5(12)9-4-3(8-2)6(13)11-7(14)10-4/h2-3,5,8,12H,1H3,(H2,9,10,11,13,14). The monoisotopic (exact) mass is 198 g/mol. The minimum absolute atomic E-state index is 0.171. The van der Waals surface area contributed by atoms with E-state index in [2.05, 4.69) is 20.9 Å². The van der Waals surface area contributed by atoms with Gasteiger partial charge < -0.3 is 5.11 Å². The summed E-state index contributed by atoms with van der Waals surface area (Å²) in [4.78, 5) is 26.0. The number of imide groups is 1. The summed E-state index contributed by atoms with van der Waals surface area (Å²) in [7, 11) is 0. The lowest BCUT2D eigenvalue weighted by Crippen LogP contribution is -2.68. The lowest BCUT2D eigenvalue weighted by atomic mass is 10.1. The third-order valence-corrected chi connectivity index (χ3v) is 2.16.